The average Bonchev–Trinajstić information content (AvgIpc) is 3.29. The highest BCUT2D eigenvalue weighted by Gasteiger charge is 2.34. The van der Waals surface area contributed by atoms with Gasteiger partial charge in [0, 0.05) is 30.9 Å². The van der Waals surface area contributed by atoms with E-state index in [2.05, 4.69) is 15.2 Å². The molecule has 0 spiro atoms. The number of fused-ring (bicyclic) bond motifs is 1. The molecule has 1 aliphatic rings. The first kappa shape index (κ1) is 29.9. The molecule has 3 N–H and O–H groups in total. The number of para-hydroxylation sites is 1. The van der Waals surface area contributed by atoms with Crippen LogP contribution in [0, 0.1) is 19.8 Å². The van der Waals surface area contributed by atoms with E-state index in [4.69, 9.17) is 9.26 Å². The van der Waals surface area contributed by atoms with Gasteiger partial charge in [-0.15, -0.1) is 0 Å². The monoisotopic (exact) mass is 585 g/mol. The molecule has 0 saturated carbocycles. The summed E-state index contributed by atoms with van der Waals surface area (Å²) in [4.78, 5) is 29.5. The van der Waals surface area contributed by atoms with Gasteiger partial charge in [0.15, 0.2) is 10.7 Å². The van der Waals surface area contributed by atoms with Crippen LogP contribution in [0.4, 0.5) is 16.2 Å². The topological polar surface area (TPSA) is 154 Å². The number of nitrogens with zero attached hydrogens (tertiary/aromatic N) is 3. The van der Waals surface area contributed by atoms with Crippen molar-refractivity contribution in [2.45, 2.75) is 44.7 Å². The summed E-state index contributed by atoms with van der Waals surface area (Å²) in [6, 6.07) is 12.7. The van der Waals surface area contributed by atoms with Crippen molar-refractivity contribution in [1.29, 1.82) is 0 Å². The van der Waals surface area contributed by atoms with Crippen molar-refractivity contribution in [2.24, 2.45) is 5.92 Å². The van der Waals surface area contributed by atoms with E-state index >= 15 is 0 Å². The summed E-state index contributed by atoms with van der Waals surface area (Å²) in [6.45, 7) is 6.84. The Morgan fingerprint density at radius 1 is 1.20 bits per heavy atom. The van der Waals surface area contributed by atoms with Crippen LogP contribution in [-0.2, 0) is 10.0 Å². The van der Waals surface area contributed by atoms with Gasteiger partial charge in [-0.25, -0.2) is 13.2 Å². The molecule has 3 amide bonds. The zero-order valence-electron chi connectivity index (χ0n) is 23.6. The molecule has 3 aromatic rings. The number of sulfonamides is 1. The van der Waals surface area contributed by atoms with E-state index in [1.54, 1.807) is 26.1 Å². The van der Waals surface area contributed by atoms with E-state index in [1.165, 1.54) is 41.8 Å². The lowest BCUT2D eigenvalue weighted by molar-refractivity contribution is 0.0371. The SMILES string of the molecule is Cc1noc(C)c1S(=O)(=O)Nc1ccc2c(c1)C(=O)N([C@H](C)CO)C[C@H](C)[C@H](CN(C)C(=O)Nc1ccccc1)O2. The van der Waals surface area contributed by atoms with E-state index in [1.807, 2.05) is 25.1 Å². The smallest absolute Gasteiger partial charge is 0.321 e. The molecule has 1 aromatic heterocycles. The highest BCUT2D eigenvalue weighted by Crippen LogP contribution is 2.32. The number of rotatable bonds is 8. The van der Waals surface area contributed by atoms with Gasteiger partial charge in [0.2, 0.25) is 0 Å². The van der Waals surface area contributed by atoms with Crippen LogP contribution < -0.4 is 14.8 Å². The number of benzene rings is 2. The molecule has 0 aliphatic carbocycles. The molecular formula is C28H35N5O7S. The number of anilines is 2. The number of hydrogen-bond donors (Lipinski definition) is 3. The molecule has 3 atom stereocenters. The summed E-state index contributed by atoms with van der Waals surface area (Å²) in [6.07, 6.45) is -0.522. The first-order valence-electron chi connectivity index (χ1n) is 13.2. The number of likely N-dealkylation sites (N-methyl/N-ethyl adjacent to an activating group) is 1. The largest absolute Gasteiger partial charge is 0.487 e. The molecule has 0 saturated heterocycles. The van der Waals surface area contributed by atoms with Gasteiger partial charge < -0.3 is 29.5 Å². The third-order valence-corrected chi connectivity index (χ3v) is 8.60. The van der Waals surface area contributed by atoms with Crippen LogP contribution in [0.15, 0.2) is 57.9 Å². The van der Waals surface area contributed by atoms with Crippen LogP contribution in [0.3, 0.4) is 0 Å². The first-order valence-corrected chi connectivity index (χ1v) is 14.6. The van der Waals surface area contributed by atoms with E-state index in [0.29, 0.717) is 5.69 Å². The number of carbonyl (C=O) groups excluding carboxylic acids is 2. The minimum Gasteiger partial charge on any atom is -0.487 e. The third kappa shape index (κ3) is 6.63. The number of amides is 3. The Morgan fingerprint density at radius 3 is 2.54 bits per heavy atom. The zero-order chi connectivity index (χ0) is 29.9. The minimum atomic E-state index is -4.06. The Labute approximate surface area is 239 Å². The van der Waals surface area contributed by atoms with Gasteiger partial charge >= 0.3 is 6.03 Å². The second kappa shape index (κ2) is 12.2. The lowest BCUT2D eigenvalue weighted by atomic mass is 9.99. The van der Waals surface area contributed by atoms with Crippen molar-refractivity contribution in [3.63, 3.8) is 0 Å². The zero-order valence-corrected chi connectivity index (χ0v) is 24.4. The van der Waals surface area contributed by atoms with Crippen molar-refractivity contribution in [2.75, 3.05) is 36.8 Å². The standard InChI is InChI=1S/C28H35N5O7S/c1-17-14-33(18(2)16-34)27(35)23-13-22(31-41(37,38)26-19(3)30-40-20(26)4)11-12-24(23)39-25(17)15-32(5)28(36)29-21-9-7-6-8-10-21/h6-13,17-18,25,31,34H,14-16H2,1-5H3,(H,29,36)/t17-,18+,25-/m0/s1. The predicted molar refractivity (Wildman–Crippen MR) is 152 cm³/mol. The van der Waals surface area contributed by atoms with Gasteiger partial charge in [0.05, 0.1) is 24.8 Å². The molecule has 0 radical (unpaired) electrons. The van der Waals surface area contributed by atoms with Crippen LogP contribution in [0.2, 0.25) is 0 Å². The summed E-state index contributed by atoms with van der Waals surface area (Å²) in [5.41, 5.74) is 1.13. The Balaban J connectivity index is 1.63. The predicted octanol–water partition coefficient (Wildman–Crippen LogP) is 3.48. The molecular weight excluding hydrogens is 550 g/mol. The molecule has 12 nitrogen and oxygen atoms in total. The van der Waals surface area contributed by atoms with Crippen LogP contribution in [-0.4, -0.2) is 79.3 Å². The first-order chi connectivity index (χ1) is 19.4. The number of aliphatic hydroxyl groups excluding tert-OH is 1. The van der Waals surface area contributed by atoms with Gasteiger partial charge in [-0.1, -0.05) is 30.3 Å². The number of ether oxygens (including phenoxy) is 1. The summed E-state index contributed by atoms with van der Waals surface area (Å²) in [7, 11) is -2.41. The maximum absolute atomic E-state index is 13.7. The van der Waals surface area contributed by atoms with E-state index in [-0.39, 0.29) is 65.0 Å². The van der Waals surface area contributed by atoms with E-state index < -0.39 is 28.1 Å². The quantitative estimate of drug-likeness (QED) is 0.363. The minimum absolute atomic E-state index is 0.0759. The third-order valence-electron chi connectivity index (χ3n) is 6.98. The van der Waals surface area contributed by atoms with Gasteiger partial charge in [-0.2, -0.15) is 0 Å². The maximum Gasteiger partial charge on any atom is 0.321 e. The van der Waals surface area contributed by atoms with Crippen LogP contribution >= 0.6 is 0 Å². The van der Waals surface area contributed by atoms with Gasteiger partial charge in [0.25, 0.3) is 15.9 Å². The molecule has 0 bridgehead atoms. The number of hydrogen-bond acceptors (Lipinski definition) is 8. The number of aromatic nitrogens is 1. The highest BCUT2D eigenvalue weighted by atomic mass is 32.2. The second-order valence-corrected chi connectivity index (χ2v) is 11.9. The summed E-state index contributed by atoms with van der Waals surface area (Å²) >= 11 is 0. The molecule has 1 aliphatic heterocycles. The second-order valence-electron chi connectivity index (χ2n) is 10.3. The fourth-order valence-corrected chi connectivity index (χ4v) is 6.04. The molecule has 220 valence electrons. The van der Waals surface area contributed by atoms with Crippen molar-refractivity contribution >= 4 is 33.3 Å². The van der Waals surface area contributed by atoms with Gasteiger partial charge in [-0.05, 0) is 51.1 Å². The molecule has 0 fully saturated rings. The average molecular weight is 586 g/mol. The summed E-state index contributed by atoms with van der Waals surface area (Å²) in [5, 5.41) is 16.5. The summed E-state index contributed by atoms with van der Waals surface area (Å²) < 4.78 is 40.0. The fraction of sp³-hybridized carbons (Fsp3) is 0.393. The summed E-state index contributed by atoms with van der Waals surface area (Å²) in [5.74, 6) is -0.258. The van der Waals surface area contributed by atoms with Crippen molar-refractivity contribution in [1.82, 2.24) is 15.0 Å². The number of aliphatic hydroxyl groups is 1. The van der Waals surface area contributed by atoms with Crippen LogP contribution in [0.1, 0.15) is 35.7 Å². The van der Waals surface area contributed by atoms with Gasteiger partial charge in [-0.3, -0.25) is 9.52 Å². The normalized spacial score (nSPS) is 18.0. The highest BCUT2D eigenvalue weighted by molar-refractivity contribution is 7.92. The molecule has 2 aromatic carbocycles. The van der Waals surface area contributed by atoms with Crippen molar-refractivity contribution < 1.29 is 32.4 Å². The van der Waals surface area contributed by atoms with Gasteiger partial charge in [0.1, 0.15) is 17.5 Å². The van der Waals surface area contributed by atoms with Crippen molar-refractivity contribution in [3.8, 4) is 5.75 Å². The Kier molecular flexibility index (Phi) is 8.88. The lowest BCUT2D eigenvalue weighted by Gasteiger charge is -2.38. The van der Waals surface area contributed by atoms with Crippen LogP contribution in [0.25, 0.3) is 0 Å². The number of urea groups is 1. The Bertz CT molecular complexity index is 1490. The number of nitrogens with one attached hydrogen (secondary N) is 2. The molecule has 0 unspecified atom stereocenters. The van der Waals surface area contributed by atoms with Crippen molar-refractivity contribution in [3.05, 3.63) is 65.5 Å². The van der Waals surface area contributed by atoms with Crippen LogP contribution in [0.5, 0.6) is 5.75 Å². The molecule has 13 heteroatoms. The Morgan fingerprint density at radius 2 is 1.90 bits per heavy atom. The molecule has 41 heavy (non-hydrogen) atoms. The number of aryl methyl sites for hydroxylation is 2. The number of carbonyl (C=O) groups is 2. The van der Waals surface area contributed by atoms with E-state index in [9.17, 15) is 23.1 Å². The molecule has 2 heterocycles. The molecule has 4 rings (SSSR count). The maximum atomic E-state index is 13.7. The lowest BCUT2D eigenvalue weighted by Crippen LogP contribution is -2.50. The fourth-order valence-electron chi connectivity index (χ4n) is 4.66. The van der Waals surface area contributed by atoms with E-state index in [0.717, 1.165) is 0 Å². The Hall–Kier alpha value is -4.10.